The van der Waals surface area contributed by atoms with Crippen LogP contribution in [-0.2, 0) is 27.3 Å². The Bertz CT molecular complexity index is 1040. The molecule has 0 radical (unpaired) electrons. The van der Waals surface area contributed by atoms with E-state index in [1.54, 1.807) is 11.9 Å². The van der Waals surface area contributed by atoms with Crippen molar-refractivity contribution >= 4 is 23.4 Å². The van der Waals surface area contributed by atoms with Crippen molar-refractivity contribution in [2.24, 2.45) is 5.92 Å². The molecule has 3 amide bonds. The zero-order chi connectivity index (χ0) is 24.3. The van der Waals surface area contributed by atoms with Crippen molar-refractivity contribution in [3.05, 3.63) is 64.2 Å². The van der Waals surface area contributed by atoms with Crippen LogP contribution in [0.5, 0.6) is 0 Å². The number of amides is 3. The van der Waals surface area contributed by atoms with E-state index < -0.39 is 6.04 Å². The van der Waals surface area contributed by atoms with E-state index in [1.807, 2.05) is 71.0 Å². The van der Waals surface area contributed by atoms with E-state index in [0.29, 0.717) is 19.4 Å². The fourth-order valence-electron chi connectivity index (χ4n) is 4.58. The first-order valence-corrected chi connectivity index (χ1v) is 11.6. The molecular weight excluding hydrogens is 414 g/mol. The van der Waals surface area contributed by atoms with E-state index in [0.717, 1.165) is 33.5 Å². The lowest BCUT2D eigenvalue weighted by molar-refractivity contribution is -0.147. The minimum absolute atomic E-state index is 0.0263. The Morgan fingerprint density at radius 2 is 1.67 bits per heavy atom. The molecule has 1 aliphatic rings. The van der Waals surface area contributed by atoms with E-state index in [1.165, 1.54) is 4.90 Å². The third kappa shape index (κ3) is 5.81. The van der Waals surface area contributed by atoms with Crippen molar-refractivity contribution < 1.29 is 14.4 Å². The van der Waals surface area contributed by atoms with Crippen LogP contribution in [0.4, 0.5) is 5.69 Å². The number of likely N-dealkylation sites (N-methyl/N-ethyl adjacent to an activating group) is 1. The molecule has 0 spiro atoms. The molecule has 1 atom stereocenters. The lowest BCUT2D eigenvalue weighted by Gasteiger charge is -2.38. The first kappa shape index (κ1) is 24.5. The van der Waals surface area contributed by atoms with E-state index in [2.05, 4.69) is 5.32 Å². The summed E-state index contributed by atoms with van der Waals surface area (Å²) in [6.07, 6.45) is 0.850. The van der Waals surface area contributed by atoms with Crippen LogP contribution in [0.15, 0.2) is 36.4 Å². The largest absolute Gasteiger partial charge is 0.335 e. The minimum Gasteiger partial charge on any atom is -0.335 e. The molecule has 0 saturated heterocycles. The summed E-state index contributed by atoms with van der Waals surface area (Å²) >= 11 is 0. The second kappa shape index (κ2) is 10.2. The van der Waals surface area contributed by atoms with Crippen molar-refractivity contribution in [1.82, 2.24) is 9.80 Å². The number of rotatable bonds is 6. The molecular formula is C27H35N3O3. The molecule has 0 saturated carbocycles. The molecule has 1 N–H and O–H groups in total. The summed E-state index contributed by atoms with van der Waals surface area (Å²) in [4.78, 5) is 42.3. The third-order valence-corrected chi connectivity index (χ3v) is 6.14. The number of aryl methyl sites for hydroxylation is 3. The van der Waals surface area contributed by atoms with Crippen LogP contribution < -0.4 is 5.32 Å². The molecule has 0 bridgehead atoms. The van der Waals surface area contributed by atoms with Crippen LogP contribution in [-0.4, -0.2) is 47.2 Å². The minimum atomic E-state index is -0.605. The maximum atomic E-state index is 13.4. The lowest BCUT2D eigenvalue weighted by Crippen LogP contribution is -2.54. The van der Waals surface area contributed by atoms with Crippen molar-refractivity contribution in [3.8, 4) is 0 Å². The highest BCUT2D eigenvalue weighted by atomic mass is 16.2. The number of hydrogen-bond acceptors (Lipinski definition) is 3. The van der Waals surface area contributed by atoms with Crippen LogP contribution in [0.2, 0.25) is 0 Å². The van der Waals surface area contributed by atoms with Crippen LogP contribution >= 0.6 is 0 Å². The molecule has 3 rings (SSSR count). The van der Waals surface area contributed by atoms with Gasteiger partial charge in [-0.3, -0.25) is 14.4 Å². The zero-order valence-corrected chi connectivity index (χ0v) is 20.6. The summed E-state index contributed by atoms with van der Waals surface area (Å²) in [7, 11) is 1.63. The SMILES string of the molecule is Cc1cc(C)c(NC(=O)CN(C)C(=O)C2Cc3ccccc3CN2C(=O)CC(C)C)c(C)c1. The molecule has 6 heteroatoms. The molecule has 2 aromatic rings. The molecule has 33 heavy (non-hydrogen) atoms. The van der Waals surface area contributed by atoms with Gasteiger partial charge in [0.05, 0.1) is 6.54 Å². The van der Waals surface area contributed by atoms with Gasteiger partial charge in [-0.2, -0.15) is 0 Å². The van der Waals surface area contributed by atoms with E-state index in [9.17, 15) is 14.4 Å². The Balaban J connectivity index is 1.75. The maximum Gasteiger partial charge on any atom is 0.245 e. The summed E-state index contributed by atoms with van der Waals surface area (Å²) in [5, 5.41) is 2.96. The molecule has 1 aliphatic heterocycles. The average molecular weight is 450 g/mol. The summed E-state index contributed by atoms with van der Waals surface area (Å²) in [5.74, 6) is -0.289. The van der Waals surface area contributed by atoms with Crippen molar-refractivity contribution in [2.75, 3.05) is 18.9 Å². The van der Waals surface area contributed by atoms with Gasteiger partial charge in [-0.25, -0.2) is 0 Å². The zero-order valence-electron chi connectivity index (χ0n) is 20.6. The second-order valence-corrected chi connectivity index (χ2v) is 9.62. The van der Waals surface area contributed by atoms with Crippen molar-refractivity contribution in [3.63, 3.8) is 0 Å². The van der Waals surface area contributed by atoms with E-state index in [4.69, 9.17) is 0 Å². The fourth-order valence-corrected chi connectivity index (χ4v) is 4.58. The number of anilines is 1. The average Bonchev–Trinajstić information content (AvgIpc) is 2.74. The molecule has 6 nitrogen and oxygen atoms in total. The monoisotopic (exact) mass is 449 g/mol. The standard InChI is InChI=1S/C27H35N3O3/c1-17(2)11-25(32)30-15-22-10-8-7-9-21(22)14-23(30)27(33)29(6)16-24(31)28-26-19(4)12-18(3)13-20(26)5/h7-10,12-13,17,23H,11,14-16H2,1-6H3,(H,28,31). The number of carbonyl (C=O) groups excluding carboxylic acids is 3. The van der Waals surface area contributed by atoms with Gasteiger partial charge in [-0.15, -0.1) is 0 Å². The Hall–Kier alpha value is -3.15. The van der Waals surface area contributed by atoms with Gasteiger partial charge >= 0.3 is 0 Å². The first-order chi connectivity index (χ1) is 15.6. The molecule has 1 unspecified atom stereocenters. The predicted octanol–water partition coefficient (Wildman–Crippen LogP) is 4.01. The van der Waals surface area contributed by atoms with Gasteiger partial charge in [0.15, 0.2) is 0 Å². The van der Waals surface area contributed by atoms with Gasteiger partial charge < -0.3 is 15.1 Å². The van der Waals surface area contributed by atoms with Crippen LogP contribution in [0.1, 0.15) is 48.1 Å². The number of nitrogens with one attached hydrogen (secondary N) is 1. The topological polar surface area (TPSA) is 69.7 Å². The van der Waals surface area contributed by atoms with Gasteiger partial charge in [-0.05, 0) is 48.9 Å². The number of hydrogen-bond donors (Lipinski definition) is 1. The molecule has 1 heterocycles. The number of carbonyl (C=O) groups is 3. The lowest BCUT2D eigenvalue weighted by atomic mass is 9.92. The number of fused-ring (bicyclic) bond motifs is 1. The Morgan fingerprint density at radius 1 is 1.06 bits per heavy atom. The normalized spacial score (nSPS) is 15.2. The Kier molecular flexibility index (Phi) is 7.57. The summed E-state index contributed by atoms with van der Waals surface area (Å²) in [5.41, 5.74) is 6.05. The highest BCUT2D eigenvalue weighted by Crippen LogP contribution is 2.26. The van der Waals surface area contributed by atoms with Crippen LogP contribution in [0, 0.1) is 26.7 Å². The smallest absolute Gasteiger partial charge is 0.245 e. The Morgan fingerprint density at radius 3 is 2.27 bits per heavy atom. The molecule has 0 aromatic heterocycles. The first-order valence-electron chi connectivity index (χ1n) is 11.6. The molecule has 2 aromatic carbocycles. The quantitative estimate of drug-likeness (QED) is 0.725. The molecule has 0 fully saturated rings. The van der Waals surface area contributed by atoms with Gasteiger partial charge in [0.1, 0.15) is 6.04 Å². The van der Waals surface area contributed by atoms with E-state index >= 15 is 0 Å². The maximum absolute atomic E-state index is 13.4. The van der Waals surface area contributed by atoms with Crippen LogP contribution in [0.25, 0.3) is 0 Å². The number of benzene rings is 2. The third-order valence-electron chi connectivity index (χ3n) is 6.14. The van der Waals surface area contributed by atoms with Gasteiger partial charge in [0, 0.05) is 32.1 Å². The predicted molar refractivity (Wildman–Crippen MR) is 131 cm³/mol. The van der Waals surface area contributed by atoms with Crippen molar-refractivity contribution in [2.45, 2.75) is 60.0 Å². The summed E-state index contributed by atoms with van der Waals surface area (Å²) < 4.78 is 0. The van der Waals surface area contributed by atoms with Crippen LogP contribution in [0.3, 0.4) is 0 Å². The van der Waals surface area contributed by atoms with Crippen molar-refractivity contribution in [1.29, 1.82) is 0 Å². The van der Waals surface area contributed by atoms with E-state index in [-0.39, 0.29) is 30.2 Å². The molecule has 176 valence electrons. The second-order valence-electron chi connectivity index (χ2n) is 9.62. The number of nitrogens with zero attached hydrogens (tertiary/aromatic N) is 2. The fraction of sp³-hybridized carbons (Fsp3) is 0.444. The van der Waals surface area contributed by atoms with Gasteiger partial charge in [0.2, 0.25) is 17.7 Å². The molecule has 0 aliphatic carbocycles. The summed E-state index contributed by atoms with van der Waals surface area (Å²) in [6.45, 7) is 10.3. The highest BCUT2D eigenvalue weighted by molar-refractivity contribution is 5.97. The Labute approximate surface area is 197 Å². The highest BCUT2D eigenvalue weighted by Gasteiger charge is 2.36. The van der Waals surface area contributed by atoms with Gasteiger partial charge in [-0.1, -0.05) is 55.8 Å². The summed E-state index contributed by atoms with van der Waals surface area (Å²) in [6, 6.07) is 11.4. The van der Waals surface area contributed by atoms with Gasteiger partial charge in [0.25, 0.3) is 0 Å².